The molecule has 3 aromatic rings. The molecule has 0 fully saturated rings. The first-order valence-corrected chi connectivity index (χ1v) is 10.1. The molecule has 0 amide bonds. The average Bonchev–Trinajstić information content (AvgIpc) is 2.79. The summed E-state index contributed by atoms with van der Waals surface area (Å²) in [6.45, 7) is 1.59. The smallest absolute Gasteiger partial charge is 0.171 e. The number of rotatable bonds is 5. The zero-order chi connectivity index (χ0) is 21.1. The van der Waals surface area contributed by atoms with Crippen LogP contribution in [-0.2, 0) is 4.79 Å². The molecule has 1 aliphatic rings. The molecule has 0 radical (unpaired) electrons. The van der Waals surface area contributed by atoms with Crippen LogP contribution in [0.15, 0.2) is 84.4 Å². The Labute approximate surface area is 181 Å². The lowest BCUT2D eigenvalue weighted by atomic mass is 9.89. The number of benzene rings is 3. The van der Waals surface area contributed by atoms with Crippen molar-refractivity contribution in [3.05, 3.63) is 95.6 Å². The van der Waals surface area contributed by atoms with Gasteiger partial charge in [-0.1, -0.05) is 66.7 Å². The topological polar surface area (TPSA) is 50.4 Å². The molecule has 0 aromatic heterocycles. The molecule has 0 saturated heterocycles. The van der Waals surface area contributed by atoms with E-state index in [1.165, 1.54) is 0 Å². The Morgan fingerprint density at radius 3 is 2.03 bits per heavy atom. The molecule has 1 atom stereocenters. The van der Waals surface area contributed by atoms with Crippen molar-refractivity contribution in [2.45, 2.75) is 13.0 Å². The Hall–Kier alpha value is -3.44. The molecule has 0 spiro atoms. The minimum Gasteiger partial charge on any atom is -0.497 e. The fourth-order valence-electron chi connectivity index (χ4n) is 3.68. The number of ether oxygens (including phenoxy) is 1. The molecule has 0 saturated carbocycles. The predicted octanol–water partition coefficient (Wildman–Crippen LogP) is 4.88. The highest BCUT2D eigenvalue weighted by atomic mass is 32.1. The van der Waals surface area contributed by atoms with Crippen molar-refractivity contribution in [2.75, 3.05) is 7.11 Å². The van der Waals surface area contributed by atoms with Gasteiger partial charge in [0.05, 0.1) is 18.8 Å². The number of thiocarbonyl (C=S) groups is 1. The second-order valence-electron chi connectivity index (χ2n) is 7.09. The molecular formula is C25H22N2O2S. The van der Waals surface area contributed by atoms with E-state index in [9.17, 15) is 4.79 Å². The van der Waals surface area contributed by atoms with Gasteiger partial charge in [0.1, 0.15) is 5.75 Å². The van der Waals surface area contributed by atoms with E-state index in [0.717, 1.165) is 33.7 Å². The maximum atomic E-state index is 12.6. The van der Waals surface area contributed by atoms with E-state index in [0.29, 0.717) is 10.7 Å². The van der Waals surface area contributed by atoms with Gasteiger partial charge in [-0.05, 0) is 53.5 Å². The molecule has 2 N–H and O–H groups in total. The molecule has 3 aromatic carbocycles. The van der Waals surface area contributed by atoms with Crippen LogP contribution in [0.25, 0.3) is 16.8 Å². The number of methoxy groups -OCH3 is 1. The highest BCUT2D eigenvalue weighted by molar-refractivity contribution is 7.80. The van der Waals surface area contributed by atoms with Crippen LogP contribution in [0.4, 0.5) is 0 Å². The molecular weight excluding hydrogens is 392 g/mol. The number of carbonyl (C=O) groups excluding carboxylic acids is 1. The first kappa shape index (κ1) is 19.9. The minimum absolute atomic E-state index is 0.000541. The molecule has 1 aliphatic heterocycles. The van der Waals surface area contributed by atoms with Crippen LogP contribution in [-0.4, -0.2) is 18.0 Å². The first-order valence-electron chi connectivity index (χ1n) is 9.69. The van der Waals surface area contributed by atoms with Crippen LogP contribution in [0, 0.1) is 0 Å². The standard InChI is InChI=1S/C25H22N2O2S/c1-16(28)22-23(19-6-4-3-5-7-19)26-25(30)27-24(22)20-10-8-17(9-11-20)18-12-14-21(29-2)15-13-18/h3-15,24H,1-2H3,(H2,26,27,30). The van der Waals surface area contributed by atoms with Gasteiger partial charge in [-0.25, -0.2) is 0 Å². The van der Waals surface area contributed by atoms with Crippen LogP contribution in [0.3, 0.4) is 0 Å². The van der Waals surface area contributed by atoms with Gasteiger partial charge in [-0.15, -0.1) is 0 Å². The summed E-state index contributed by atoms with van der Waals surface area (Å²) in [5, 5.41) is 6.95. The number of ketones is 1. The fourth-order valence-corrected chi connectivity index (χ4v) is 3.90. The summed E-state index contributed by atoms with van der Waals surface area (Å²) in [6, 6.07) is 25.6. The monoisotopic (exact) mass is 414 g/mol. The largest absolute Gasteiger partial charge is 0.497 e. The first-order chi connectivity index (χ1) is 14.6. The zero-order valence-corrected chi connectivity index (χ0v) is 17.6. The van der Waals surface area contributed by atoms with Crippen molar-refractivity contribution in [1.29, 1.82) is 0 Å². The number of hydrogen-bond acceptors (Lipinski definition) is 3. The Kier molecular flexibility index (Phi) is 5.63. The average molecular weight is 415 g/mol. The summed E-state index contributed by atoms with van der Waals surface area (Å²) in [6.07, 6.45) is 0. The van der Waals surface area contributed by atoms with E-state index in [4.69, 9.17) is 17.0 Å². The zero-order valence-electron chi connectivity index (χ0n) is 16.8. The van der Waals surface area contributed by atoms with E-state index < -0.39 is 0 Å². The summed E-state index contributed by atoms with van der Waals surface area (Å²) >= 11 is 5.45. The molecule has 1 heterocycles. The predicted molar refractivity (Wildman–Crippen MR) is 124 cm³/mol. The minimum atomic E-state index is -0.309. The van der Waals surface area contributed by atoms with Crippen molar-refractivity contribution < 1.29 is 9.53 Å². The highest BCUT2D eigenvalue weighted by Crippen LogP contribution is 2.33. The summed E-state index contributed by atoms with van der Waals surface area (Å²) in [5.74, 6) is 0.827. The number of Topliss-reactive ketones (excluding diaryl/α,β-unsaturated/α-hetero) is 1. The van der Waals surface area contributed by atoms with Gasteiger partial charge < -0.3 is 15.4 Å². The Morgan fingerprint density at radius 2 is 1.47 bits per heavy atom. The van der Waals surface area contributed by atoms with Gasteiger partial charge in [0.25, 0.3) is 0 Å². The molecule has 0 aliphatic carbocycles. The van der Waals surface area contributed by atoms with Crippen molar-refractivity contribution >= 4 is 28.8 Å². The van der Waals surface area contributed by atoms with Crippen molar-refractivity contribution in [1.82, 2.24) is 10.6 Å². The highest BCUT2D eigenvalue weighted by Gasteiger charge is 2.30. The molecule has 4 nitrogen and oxygen atoms in total. The maximum Gasteiger partial charge on any atom is 0.171 e. The van der Waals surface area contributed by atoms with Crippen molar-refractivity contribution in [3.63, 3.8) is 0 Å². The third kappa shape index (κ3) is 3.98. The Balaban J connectivity index is 1.72. The van der Waals surface area contributed by atoms with Gasteiger partial charge in [0.15, 0.2) is 10.9 Å². The van der Waals surface area contributed by atoms with E-state index in [-0.39, 0.29) is 11.8 Å². The second-order valence-corrected chi connectivity index (χ2v) is 7.50. The van der Waals surface area contributed by atoms with Gasteiger partial charge in [0, 0.05) is 5.57 Å². The Morgan fingerprint density at radius 1 is 0.867 bits per heavy atom. The lowest BCUT2D eigenvalue weighted by Crippen LogP contribution is -2.44. The van der Waals surface area contributed by atoms with Crippen LogP contribution < -0.4 is 15.4 Å². The number of carbonyl (C=O) groups is 1. The number of hydrogen-bond donors (Lipinski definition) is 2. The molecule has 1 unspecified atom stereocenters. The van der Waals surface area contributed by atoms with Crippen molar-refractivity contribution in [2.24, 2.45) is 0 Å². The lowest BCUT2D eigenvalue weighted by molar-refractivity contribution is -0.113. The SMILES string of the molecule is COc1ccc(-c2ccc(C3NC(=S)NC(c4ccccc4)=C3C(C)=O)cc2)cc1. The summed E-state index contributed by atoms with van der Waals surface area (Å²) in [7, 11) is 1.66. The summed E-state index contributed by atoms with van der Waals surface area (Å²) < 4.78 is 5.23. The van der Waals surface area contributed by atoms with Gasteiger partial charge in [-0.2, -0.15) is 0 Å². The quantitative estimate of drug-likeness (QED) is 0.583. The maximum absolute atomic E-state index is 12.6. The molecule has 30 heavy (non-hydrogen) atoms. The number of nitrogens with one attached hydrogen (secondary N) is 2. The molecule has 150 valence electrons. The van der Waals surface area contributed by atoms with E-state index in [2.05, 4.69) is 22.8 Å². The molecule has 4 rings (SSSR count). The van der Waals surface area contributed by atoms with Crippen LogP contribution in [0.1, 0.15) is 24.1 Å². The van der Waals surface area contributed by atoms with Gasteiger partial charge in [-0.3, -0.25) is 4.79 Å². The second kappa shape index (κ2) is 8.51. The lowest BCUT2D eigenvalue weighted by Gasteiger charge is -2.31. The van der Waals surface area contributed by atoms with Crippen LogP contribution in [0.2, 0.25) is 0 Å². The third-order valence-electron chi connectivity index (χ3n) is 5.18. The summed E-state index contributed by atoms with van der Waals surface area (Å²) in [4.78, 5) is 12.6. The third-order valence-corrected chi connectivity index (χ3v) is 5.40. The summed E-state index contributed by atoms with van der Waals surface area (Å²) in [5.41, 5.74) is 5.54. The molecule has 0 bridgehead atoms. The molecule has 5 heteroatoms. The van der Waals surface area contributed by atoms with Crippen molar-refractivity contribution in [3.8, 4) is 16.9 Å². The van der Waals surface area contributed by atoms with Crippen LogP contribution in [0.5, 0.6) is 5.75 Å². The van der Waals surface area contributed by atoms with Gasteiger partial charge in [0.2, 0.25) is 0 Å². The normalized spacial score (nSPS) is 15.9. The fraction of sp³-hybridized carbons (Fsp3) is 0.120. The van der Waals surface area contributed by atoms with E-state index in [1.807, 2.05) is 66.7 Å². The van der Waals surface area contributed by atoms with Crippen LogP contribution >= 0.6 is 12.2 Å². The van der Waals surface area contributed by atoms with E-state index in [1.54, 1.807) is 14.0 Å². The van der Waals surface area contributed by atoms with E-state index >= 15 is 0 Å². The van der Waals surface area contributed by atoms with Gasteiger partial charge >= 0.3 is 0 Å². The Bertz CT molecular complexity index is 1100.